The van der Waals surface area contributed by atoms with E-state index in [-0.39, 0.29) is 6.04 Å². The van der Waals surface area contributed by atoms with Crippen molar-refractivity contribution in [2.45, 2.75) is 45.6 Å². The molecule has 2 N–H and O–H groups in total. The highest BCUT2D eigenvalue weighted by Gasteiger charge is 2.27. The SMILES string of the molecule is CCc1ccc(C(CN)N2CCCC(CC)C2)o1. The van der Waals surface area contributed by atoms with Gasteiger partial charge in [-0.05, 0) is 37.4 Å². The van der Waals surface area contributed by atoms with Crippen LogP contribution in [0.4, 0.5) is 0 Å². The van der Waals surface area contributed by atoms with Crippen LogP contribution in [0.25, 0.3) is 0 Å². The standard InChI is InChI=1S/C15H26N2O/c1-3-12-6-5-9-17(11-12)14(10-16)15-8-7-13(4-2)18-15/h7-8,12,14H,3-6,9-11,16H2,1-2H3. The van der Waals surface area contributed by atoms with E-state index in [1.165, 1.54) is 25.8 Å². The number of furan rings is 1. The highest BCUT2D eigenvalue weighted by Crippen LogP contribution is 2.28. The molecular formula is C15H26N2O. The van der Waals surface area contributed by atoms with Crippen molar-refractivity contribution in [1.82, 2.24) is 4.90 Å². The van der Waals surface area contributed by atoms with Crippen molar-refractivity contribution in [2.75, 3.05) is 19.6 Å². The van der Waals surface area contributed by atoms with Crippen LogP contribution in [-0.4, -0.2) is 24.5 Å². The molecule has 1 aliphatic rings. The lowest BCUT2D eigenvalue weighted by Crippen LogP contribution is -2.40. The second-order valence-corrected chi connectivity index (χ2v) is 5.32. The molecule has 0 spiro atoms. The van der Waals surface area contributed by atoms with E-state index >= 15 is 0 Å². The highest BCUT2D eigenvalue weighted by atomic mass is 16.3. The Kier molecular flexibility index (Phi) is 4.84. The number of nitrogens with zero attached hydrogens (tertiary/aromatic N) is 1. The third kappa shape index (κ3) is 2.96. The number of aryl methyl sites for hydroxylation is 1. The second-order valence-electron chi connectivity index (χ2n) is 5.32. The van der Waals surface area contributed by atoms with Crippen molar-refractivity contribution in [3.05, 3.63) is 23.7 Å². The molecule has 1 aromatic heterocycles. The summed E-state index contributed by atoms with van der Waals surface area (Å²) in [6.45, 7) is 7.37. The number of hydrogen-bond acceptors (Lipinski definition) is 3. The van der Waals surface area contributed by atoms with E-state index in [0.717, 1.165) is 30.4 Å². The van der Waals surface area contributed by atoms with Gasteiger partial charge in [0.1, 0.15) is 11.5 Å². The lowest BCUT2D eigenvalue weighted by atomic mass is 9.94. The summed E-state index contributed by atoms with van der Waals surface area (Å²) in [5.41, 5.74) is 5.97. The summed E-state index contributed by atoms with van der Waals surface area (Å²) in [4.78, 5) is 2.51. The van der Waals surface area contributed by atoms with Gasteiger partial charge in [0.15, 0.2) is 0 Å². The van der Waals surface area contributed by atoms with Crippen LogP contribution in [0.1, 0.15) is 50.7 Å². The molecule has 2 atom stereocenters. The Labute approximate surface area is 110 Å². The van der Waals surface area contributed by atoms with Crippen molar-refractivity contribution in [3.8, 4) is 0 Å². The van der Waals surface area contributed by atoms with Gasteiger partial charge in [-0.3, -0.25) is 4.90 Å². The molecule has 102 valence electrons. The highest BCUT2D eigenvalue weighted by molar-refractivity contribution is 5.11. The summed E-state index contributed by atoms with van der Waals surface area (Å²) in [5.74, 6) is 2.94. The first-order valence-corrected chi connectivity index (χ1v) is 7.31. The van der Waals surface area contributed by atoms with Crippen molar-refractivity contribution >= 4 is 0 Å². The van der Waals surface area contributed by atoms with E-state index in [2.05, 4.69) is 30.9 Å². The van der Waals surface area contributed by atoms with Gasteiger partial charge in [0.25, 0.3) is 0 Å². The zero-order valence-corrected chi connectivity index (χ0v) is 11.7. The summed E-state index contributed by atoms with van der Waals surface area (Å²) in [6, 6.07) is 4.45. The van der Waals surface area contributed by atoms with Gasteiger partial charge in [-0.25, -0.2) is 0 Å². The van der Waals surface area contributed by atoms with Gasteiger partial charge in [-0.2, -0.15) is 0 Å². The molecule has 1 saturated heterocycles. The molecule has 0 radical (unpaired) electrons. The van der Waals surface area contributed by atoms with Crippen LogP contribution in [0.3, 0.4) is 0 Å². The molecule has 2 heterocycles. The molecule has 18 heavy (non-hydrogen) atoms. The topological polar surface area (TPSA) is 42.4 Å². The first-order chi connectivity index (χ1) is 8.78. The molecule has 2 unspecified atom stereocenters. The van der Waals surface area contributed by atoms with Crippen molar-refractivity contribution in [2.24, 2.45) is 11.7 Å². The van der Waals surface area contributed by atoms with Crippen LogP contribution < -0.4 is 5.73 Å². The molecule has 0 bridgehead atoms. The van der Waals surface area contributed by atoms with E-state index in [4.69, 9.17) is 10.2 Å². The summed E-state index contributed by atoms with van der Waals surface area (Å²) < 4.78 is 5.89. The van der Waals surface area contributed by atoms with E-state index in [0.29, 0.717) is 6.54 Å². The number of rotatable bonds is 5. The molecule has 1 fully saturated rings. The Balaban J connectivity index is 2.07. The smallest absolute Gasteiger partial charge is 0.122 e. The van der Waals surface area contributed by atoms with Gasteiger partial charge in [0, 0.05) is 19.5 Å². The Morgan fingerprint density at radius 3 is 2.89 bits per heavy atom. The zero-order valence-electron chi connectivity index (χ0n) is 11.7. The maximum atomic E-state index is 5.97. The van der Waals surface area contributed by atoms with Crippen LogP contribution >= 0.6 is 0 Å². The average Bonchev–Trinajstić information content (AvgIpc) is 2.88. The minimum Gasteiger partial charge on any atom is -0.464 e. The number of nitrogens with two attached hydrogens (primary N) is 1. The molecule has 1 aliphatic heterocycles. The van der Waals surface area contributed by atoms with Gasteiger partial charge in [0.05, 0.1) is 6.04 Å². The fourth-order valence-electron chi connectivity index (χ4n) is 2.92. The molecule has 3 nitrogen and oxygen atoms in total. The largest absolute Gasteiger partial charge is 0.464 e. The molecule has 2 rings (SSSR count). The predicted molar refractivity (Wildman–Crippen MR) is 74.5 cm³/mol. The third-order valence-electron chi connectivity index (χ3n) is 4.15. The molecule has 0 amide bonds. The van der Waals surface area contributed by atoms with E-state index in [9.17, 15) is 0 Å². The predicted octanol–water partition coefficient (Wildman–Crippen LogP) is 2.96. The van der Waals surface area contributed by atoms with Crippen molar-refractivity contribution in [3.63, 3.8) is 0 Å². The van der Waals surface area contributed by atoms with Gasteiger partial charge >= 0.3 is 0 Å². The average molecular weight is 250 g/mol. The summed E-state index contributed by atoms with van der Waals surface area (Å²) >= 11 is 0. The number of likely N-dealkylation sites (tertiary alicyclic amines) is 1. The van der Waals surface area contributed by atoms with Gasteiger partial charge in [0.2, 0.25) is 0 Å². The monoisotopic (exact) mass is 250 g/mol. The number of piperidine rings is 1. The fourth-order valence-corrected chi connectivity index (χ4v) is 2.92. The van der Waals surface area contributed by atoms with Crippen molar-refractivity contribution in [1.29, 1.82) is 0 Å². The van der Waals surface area contributed by atoms with Crippen LogP contribution in [0.5, 0.6) is 0 Å². The normalized spacial score (nSPS) is 23.2. The Hall–Kier alpha value is -0.800. The maximum Gasteiger partial charge on any atom is 0.122 e. The van der Waals surface area contributed by atoms with Crippen LogP contribution in [0, 0.1) is 5.92 Å². The Morgan fingerprint density at radius 2 is 2.28 bits per heavy atom. The van der Waals surface area contributed by atoms with Crippen LogP contribution in [-0.2, 0) is 6.42 Å². The molecule has 0 aliphatic carbocycles. The zero-order chi connectivity index (χ0) is 13.0. The molecule has 0 saturated carbocycles. The Bertz CT molecular complexity index is 361. The second kappa shape index (κ2) is 6.39. The molecule has 3 heteroatoms. The Morgan fingerprint density at radius 1 is 1.44 bits per heavy atom. The summed E-state index contributed by atoms with van der Waals surface area (Å²) in [6.07, 6.45) is 4.88. The van der Waals surface area contributed by atoms with Crippen LogP contribution in [0.15, 0.2) is 16.5 Å². The van der Waals surface area contributed by atoms with E-state index in [1.807, 2.05) is 0 Å². The summed E-state index contributed by atoms with van der Waals surface area (Å²) in [5, 5.41) is 0. The van der Waals surface area contributed by atoms with E-state index in [1.54, 1.807) is 0 Å². The third-order valence-corrected chi connectivity index (χ3v) is 4.15. The first kappa shape index (κ1) is 13.6. The van der Waals surface area contributed by atoms with Crippen LogP contribution in [0.2, 0.25) is 0 Å². The first-order valence-electron chi connectivity index (χ1n) is 7.31. The molecule has 1 aromatic rings. The minimum atomic E-state index is 0.264. The molecule has 0 aromatic carbocycles. The van der Waals surface area contributed by atoms with Gasteiger partial charge in [-0.15, -0.1) is 0 Å². The minimum absolute atomic E-state index is 0.264. The van der Waals surface area contributed by atoms with E-state index < -0.39 is 0 Å². The molecular weight excluding hydrogens is 224 g/mol. The lowest BCUT2D eigenvalue weighted by molar-refractivity contribution is 0.111. The van der Waals surface area contributed by atoms with Gasteiger partial charge < -0.3 is 10.2 Å². The summed E-state index contributed by atoms with van der Waals surface area (Å²) in [7, 11) is 0. The lowest BCUT2D eigenvalue weighted by Gasteiger charge is -2.36. The fraction of sp³-hybridized carbons (Fsp3) is 0.733. The maximum absolute atomic E-state index is 5.97. The van der Waals surface area contributed by atoms with Crippen molar-refractivity contribution < 1.29 is 4.42 Å². The van der Waals surface area contributed by atoms with Gasteiger partial charge in [-0.1, -0.05) is 20.3 Å². The number of hydrogen-bond donors (Lipinski definition) is 1. The quantitative estimate of drug-likeness (QED) is 0.873.